The summed E-state index contributed by atoms with van der Waals surface area (Å²) in [6, 6.07) is 0. The molecular formula is C4H2BrN2V+. The molecule has 0 unspecified atom stereocenters. The van der Waals surface area contributed by atoms with Crippen molar-refractivity contribution in [2.75, 3.05) is 0 Å². The van der Waals surface area contributed by atoms with Crippen molar-refractivity contribution in [1.29, 1.82) is 0 Å². The third kappa shape index (κ3) is 2.45. The van der Waals surface area contributed by atoms with Gasteiger partial charge in [0.25, 0.3) is 0 Å². The van der Waals surface area contributed by atoms with E-state index in [2.05, 4.69) is 32.1 Å². The largest absolute Gasteiger partial charge is 2.00 e. The fraction of sp³-hybridized carbons (Fsp3) is 0. The minimum absolute atomic E-state index is 0. The van der Waals surface area contributed by atoms with Crippen LogP contribution < -0.4 is 0 Å². The number of halogens is 1. The first-order valence-electron chi connectivity index (χ1n) is 1.73. The predicted molar refractivity (Wildman–Crippen MR) is 28.6 cm³/mol. The van der Waals surface area contributed by atoms with Gasteiger partial charge in [0.05, 0.1) is 0 Å². The van der Waals surface area contributed by atoms with Gasteiger partial charge in [0.1, 0.15) is 0 Å². The number of aromatic nitrogens is 2. The first-order chi connectivity index (χ1) is 3.39. The van der Waals surface area contributed by atoms with Crippen LogP contribution in [0.4, 0.5) is 0 Å². The van der Waals surface area contributed by atoms with Gasteiger partial charge in [-0.1, -0.05) is 32.8 Å². The van der Waals surface area contributed by atoms with E-state index < -0.39 is 0 Å². The average molecular weight is 209 g/mol. The third-order valence-electron chi connectivity index (χ3n) is 0.484. The van der Waals surface area contributed by atoms with Gasteiger partial charge in [0.15, 0.2) is 0 Å². The molecule has 0 aromatic carbocycles. The molecule has 0 aliphatic rings. The monoisotopic (exact) mass is 208 g/mol. The van der Waals surface area contributed by atoms with Crippen LogP contribution in [0.3, 0.4) is 0 Å². The van der Waals surface area contributed by atoms with Gasteiger partial charge in [-0.15, -0.1) is 0 Å². The second kappa shape index (κ2) is 4.07. The van der Waals surface area contributed by atoms with Crippen LogP contribution in [0.15, 0.2) is 17.0 Å². The Hall–Kier alpha value is 0.144. The van der Waals surface area contributed by atoms with Crippen LogP contribution in [0.25, 0.3) is 0 Å². The van der Waals surface area contributed by atoms with Crippen molar-refractivity contribution in [2.24, 2.45) is 0 Å². The molecule has 0 atom stereocenters. The summed E-state index contributed by atoms with van der Waals surface area (Å²) in [7, 11) is 0. The van der Waals surface area contributed by atoms with Crippen molar-refractivity contribution in [1.82, 2.24) is 9.97 Å². The normalized spacial score (nSPS) is 7.62. The van der Waals surface area contributed by atoms with Gasteiger partial charge in [-0.25, -0.2) is 0 Å². The SMILES string of the molecule is Brc1[c-]ncnc1.[V+2]. The predicted octanol–water partition coefficient (Wildman–Crippen LogP) is 1.04. The van der Waals surface area contributed by atoms with E-state index in [1.807, 2.05) is 0 Å². The molecule has 0 N–H and O–H groups in total. The molecule has 0 saturated carbocycles. The Morgan fingerprint density at radius 3 is 2.62 bits per heavy atom. The Balaban J connectivity index is 0.000000490. The zero-order valence-electron chi connectivity index (χ0n) is 3.87. The zero-order chi connectivity index (χ0) is 5.11. The summed E-state index contributed by atoms with van der Waals surface area (Å²) in [6.07, 6.45) is 5.70. The summed E-state index contributed by atoms with van der Waals surface area (Å²) in [5.74, 6) is 0. The van der Waals surface area contributed by atoms with E-state index in [1.54, 1.807) is 6.20 Å². The summed E-state index contributed by atoms with van der Waals surface area (Å²) in [5.41, 5.74) is 0. The van der Waals surface area contributed by atoms with Gasteiger partial charge in [0, 0.05) is 0 Å². The van der Waals surface area contributed by atoms with Crippen LogP contribution in [-0.4, -0.2) is 9.97 Å². The molecule has 0 aliphatic carbocycles. The van der Waals surface area contributed by atoms with Gasteiger partial charge in [0.2, 0.25) is 0 Å². The number of hydrogen-bond donors (Lipinski definition) is 0. The molecule has 1 aromatic rings. The average Bonchev–Trinajstić information content (AvgIpc) is 1.69. The maximum Gasteiger partial charge on any atom is 2.00 e. The summed E-state index contributed by atoms with van der Waals surface area (Å²) < 4.78 is 0.787. The Morgan fingerprint density at radius 1 is 1.62 bits per heavy atom. The molecule has 0 amide bonds. The minimum atomic E-state index is 0. The Bertz CT molecular complexity index is 144. The molecule has 8 heavy (non-hydrogen) atoms. The number of hydrogen-bond acceptors (Lipinski definition) is 2. The van der Waals surface area contributed by atoms with E-state index in [9.17, 15) is 0 Å². The molecule has 0 saturated heterocycles. The van der Waals surface area contributed by atoms with Crippen LogP contribution in [0, 0.1) is 6.20 Å². The van der Waals surface area contributed by atoms with E-state index in [-0.39, 0.29) is 18.6 Å². The van der Waals surface area contributed by atoms with Crippen LogP contribution in [0.5, 0.6) is 0 Å². The standard InChI is InChI=1S/C4H2BrN2.V/c5-4-1-6-3-7-2-4;/h1,3H;/q-1;+2. The van der Waals surface area contributed by atoms with Gasteiger partial charge in [-0.05, 0) is 6.33 Å². The molecule has 0 bridgehead atoms. The maximum absolute atomic E-state index is 3.70. The molecular weight excluding hydrogens is 207 g/mol. The molecule has 0 aliphatic heterocycles. The maximum atomic E-state index is 3.70. The van der Waals surface area contributed by atoms with Crippen LogP contribution >= 0.6 is 15.9 Å². The van der Waals surface area contributed by atoms with Crippen molar-refractivity contribution >= 4 is 15.9 Å². The molecule has 1 heterocycles. The summed E-state index contributed by atoms with van der Waals surface area (Å²) in [5, 5.41) is 0. The zero-order valence-corrected chi connectivity index (χ0v) is 6.86. The summed E-state index contributed by atoms with van der Waals surface area (Å²) in [4.78, 5) is 7.30. The van der Waals surface area contributed by atoms with E-state index in [1.165, 1.54) is 6.33 Å². The Morgan fingerprint density at radius 2 is 2.38 bits per heavy atom. The molecule has 4 heteroatoms. The van der Waals surface area contributed by atoms with Gasteiger partial charge < -0.3 is 9.97 Å². The first-order valence-corrected chi connectivity index (χ1v) is 2.52. The van der Waals surface area contributed by atoms with Crippen LogP contribution in [0.1, 0.15) is 0 Å². The quantitative estimate of drug-likeness (QED) is 0.596. The van der Waals surface area contributed by atoms with Crippen molar-refractivity contribution in [3.63, 3.8) is 0 Å². The molecule has 2 nitrogen and oxygen atoms in total. The smallest absolute Gasteiger partial charge is 0.375 e. The number of rotatable bonds is 0. The molecule has 39 valence electrons. The van der Waals surface area contributed by atoms with Gasteiger partial charge >= 0.3 is 18.6 Å². The van der Waals surface area contributed by atoms with E-state index in [0.29, 0.717) is 0 Å². The summed E-state index contributed by atoms with van der Waals surface area (Å²) in [6.45, 7) is 0. The Kier molecular flexibility index (Phi) is 4.14. The second-order valence-electron chi connectivity index (χ2n) is 0.982. The van der Waals surface area contributed by atoms with Crippen LogP contribution in [-0.2, 0) is 18.6 Å². The van der Waals surface area contributed by atoms with Gasteiger partial charge in [-0.2, -0.15) is 0 Å². The fourth-order valence-corrected chi connectivity index (χ4v) is 0.472. The van der Waals surface area contributed by atoms with E-state index in [0.717, 1.165) is 4.47 Å². The van der Waals surface area contributed by atoms with Crippen molar-refractivity contribution in [3.05, 3.63) is 23.2 Å². The molecule has 1 aromatic heterocycles. The Labute approximate surface area is 67.7 Å². The molecule has 1 radical (unpaired) electrons. The van der Waals surface area contributed by atoms with Crippen molar-refractivity contribution in [2.45, 2.75) is 0 Å². The minimum Gasteiger partial charge on any atom is -0.375 e. The molecule has 0 spiro atoms. The van der Waals surface area contributed by atoms with E-state index in [4.69, 9.17) is 0 Å². The fourth-order valence-electron chi connectivity index (χ4n) is 0.252. The summed E-state index contributed by atoms with van der Waals surface area (Å²) >= 11 is 3.13. The molecule has 1 rings (SSSR count). The number of nitrogens with zero attached hydrogens (tertiary/aromatic N) is 2. The first kappa shape index (κ1) is 8.14. The topological polar surface area (TPSA) is 25.8 Å². The van der Waals surface area contributed by atoms with Crippen LogP contribution in [0.2, 0.25) is 0 Å². The second-order valence-corrected chi connectivity index (χ2v) is 1.84. The van der Waals surface area contributed by atoms with Crippen molar-refractivity contribution in [3.8, 4) is 0 Å². The third-order valence-corrected chi connectivity index (χ3v) is 0.866. The van der Waals surface area contributed by atoms with Gasteiger partial charge in [-0.3, -0.25) is 0 Å². The molecule has 0 fully saturated rings. The van der Waals surface area contributed by atoms with Crippen molar-refractivity contribution < 1.29 is 18.6 Å². The van der Waals surface area contributed by atoms with E-state index >= 15 is 0 Å².